The van der Waals surface area contributed by atoms with Gasteiger partial charge in [0.15, 0.2) is 0 Å². The van der Waals surface area contributed by atoms with E-state index in [1.54, 1.807) is 31.2 Å². The molecule has 0 saturated carbocycles. The SMILES string of the molecule is CCOC(=O)c1ccc(NC(=O)N[C@H](C)[C@@H]2CCCO2)cc1. The predicted octanol–water partition coefficient (Wildman–Crippen LogP) is 2.55. The number of benzene rings is 1. The summed E-state index contributed by atoms with van der Waals surface area (Å²) >= 11 is 0. The molecule has 6 nitrogen and oxygen atoms in total. The number of esters is 1. The second-order valence-electron chi connectivity index (χ2n) is 5.24. The molecule has 1 aromatic rings. The van der Waals surface area contributed by atoms with Gasteiger partial charge in [-0.2, -0.15) is 0 Å². The van der Waals surface area contributed by atoms with Crippen LogP contribution in [-0.2, 0) is 9.47 Å². The number of urea groups is 1. The summed E-state index contributed by atoms with van der Waals surface area (Å²) in [6, 6.07) is 6.26. The topological polar surface area (TPSA) is 76.7 Å². The first-order valence-corrected chi connectivity index (χ1v) is 7.56. The van der Waals surface area contributed by atoms with Crippen molar-refractivity contribution in [3.8, 4) is 0 Å². The van der Waals surface area contributed by atoms with E-state index in [-0.39, 0.29) is 24.1 Å². The molecule has 0 unspecified atom stereocenters. The number of anilines is 1. The Morgan fingerprint density at radius 1 is 1.36 bits per heavy atom. The van der Waals surface area contributed by atoms with Crippen LogP contribution in [0.3, 0.4) is 0 Å². The van der Waals surface area contributed by atoms with Gasteiger partial charge in [-0.25, -0.2) is 9.59 Å². The number of hydrogen-bond donors (Lipinski definition) is 2. The van der Waals surface area contributed by atoms with Gasteiger partial charge in [-0.15, -0.1) is 0 Å². The van der Waals surface area contributed by atoms with Crippen LogP contribution in [0.5, 0.6) is 0 Å². The minimum absolute atomic E-state index is 0.0405. The van der Waals surface area contributed by atoms with Crippen LogP contribution in [0.15, 0.2) is 24.3 Å². The molecule has 1 aromatic carbocycles. The quantitative estimate of drug-likeness (QED) is 0.820. The van der Waals surface area contributed by atoms with E-state index in [4.69, 9.17) is 9.47 Å². The summed E-state index contributed by atoms with van der Waals surface area (Å²) in [5.41, 5.74) is 1.07. The molecule has 1 aliphatic rings. The van der Waals surface area contributed by atoms with Gasteiger partial charge in [0.2, 0.25) is 0 Å². The molecule has 6 heteroatoms. The third-order valence-electron chi connectivity index (χ3n) is 3.54. The summed E-state index contributed by atoms with van der Waals surface area (Å²) in [7, 11) is 0. The van der Waals surface area contributed by atoms with Gasteiger partial charge in [-0.1, -0.05) is 0 Å². The van der Waals surface area contributed by atoms with Crippen molar-refractivity contribution in [2.75, 3.05) is 18.5 Å². The van der Waals surface area contributed by atoms with Crippen molar-refractivity contribution >= 4 is 17.7 Å². The maximum atomic E-state index is 11.9. The zero-order chi connectivity index (χ0) is 15.9. The van der Waals surface area contributed by atoms with Crippen molar-refractivity contribution in [2.45, 2.75) is 38.8 Å². The van der Waals surface area contributed by atoms with E-state index >= 15 is 0 Å². The third kappa shape index (κ3) is 4.46. The fourth-order valence-corrected chi connectivity index (χ4v) is 2.37. The molecule has 0 aliphatic carbocycles. The highest BCUT2D eigenvalue weighted by atomic mass is 16.5. The molecule has 2 N–H and O–H groups in total. The highest BCUT2D eigenvalue weighted by Gasteiger charge is 2.23. The average Bonchev–Trinajstić information content (AvgIpc) is 3.02. The lowest BCUT2D eigenvalue weighted by Crippen LogP contribution is -2.42. The van der Waals surface area contributed by atoms with Crippen LogP contribution in [0.4, 0.5) is 10.5 Å². The molecule has 120 valence electrons. The highest BCUT2D eigenvalue weighted by molar-refractivity contribution is 5.92. The van der Waals surface area contributed by atoms with E-state index in [0.29, 0.717) is 17.9 Å². The third-order valence-corrected chi connectivity index (χ3v) is 3.54. The number of carbonyl (C=O) groups excluding carboxylic acids is 2. The molecule has 2 atom stereocenters. The average molecular weight is 306 g/mol. The number of rotatable bonds is 5. The van der Waals surface area contributed by atoms with E-state index in [9.17, 15) is 9.59 Å². The molecule has 1 aliphatic heterocycles. The summed E-state index contributed by atoms with van der Waals surface area (Å²) in [5, 5.41) is 5.60. The van der Waals surface area contributed by atoms with E-state index in [2.05, 4.69) is 10.6 Å². The van der Waals surface area contributed by atoms with Crippen molar-refractivity contribution in [1.82, 2.24) is 5.32 Å². The fourth-order valence-electron chi connectivity index (χ4n) is 2.37. The Morgan fingerprint density at radius 2 is 2.09 bits per heavy atom. The molecular formula is C16H22N2O4. The van der Waals surface area contributed by atoms with Crippen molar-refractivity contribution < 1.29 is 19.1 Å². The second-order valence-corrected chi connectivity index (χ2v) is 5.24. The standard InChI is InChI=1S/C16H22N2O4/c1-3-21-15(19)12-6-8-13(9-7-12)18-16(20)17-11(2)14-5-4-10-22-14/h6-9,11,14H,3-5,10H2,1-2H3,(H2,17,18,20)/t11-,14+/m1/s1. The largest absolute Gasteiger partial charge is 0.462 e. The van der Waals surface area contributed by atoms with Crippen LogP contribution in [0.1, 0.15) is 37.0 Å². The molecule has 0 spiro atoms. The molecular weight excluding hydrogens is 284 g/mol. The second kappa shape index (κ2) is 7.79. The van der Waals surface area contributed by atoms with Crippen molar-refractivity contribution in [2.24, 2.45) is 0 Å². The number of nitrogens with one attached hydrogen (secondary N) is 2. The van der Waals surface area contributed by atoms with Crippen molar-refractivity contribution in [3.05, 3.63) is 29.8 Å². The van der Waals surface area contributed by atoms with Crippen LogP contribution in [0.25, 0.3) is 0 Å². The van der Waals surface area contributed by atoms with Gasteiger partial charge in [0.25, 0.3) is 0 Å². The lowest BCUT2D eigenvalue weighted by atomic mass is 10.1. The molecule has 0 bridgehead atoms. The Hall–Kier alpha value is -2.08. The molecule has 1 heterocycles. The van der Waals surface area contributed by atoms with Crippen LogP contribution in [-0.4, -0.2) is 37.4 Å². The normalized spacial score (nSPS) is 18.5. The Labute approximate surface area is 130 Å². The summed E-state index contributed by atoms with van der Waals surface area (Å²) in [6.07, 6.45) is 2.08. The summed E-state index contributed by atoms with van der Waals surface area (Å²) in [6.45, 7) is 4.78. The first-order chi connectivity index (χ1) is 10.6. The van der Waals surface area contributed by atoms with Gasteiger partial charge in [0.1, 0.15) is 0 Å². The maximum absolute atomic E-state index is 11.9. The number of ether oxygens (including phenoxy) is 2. The lowest BCUT2D eigenvalue weighted by Gasteiger charge is -2.20. The zero-order valence-corrected chi connectivity index (χ0v) is 12.9. The minimum atomic E-state index is -0.370. The number of amides is 2. The van der Waals surface area contributed by atoms with E-state index < -0.39 is 0 Å². The molecule has 2 rings (SSSR count). The Kier molecular flexibility index (Phi) is 5.77. The molecule has 0 aromatic heterocycles. The summed E-state index contributed by atoms with van der Waals surface area (Å²) in [4.78, 5) is 23.5. The maximum Gasteiger partial charge on any atom is 0.338 e. The van der Waals surface area contributed by atoms with Gasteiger partial charge >= 0.3 is 12.0 Å². The molecule has 0 radical (unpaired) electrons. The molecule has 1 saturated heterocycles. The van der Waals surface area contributed by atoms with Gasteiger partial charge in [0, 0.05) is 12.3 Å². The van der Waals surface area contributed by atoms with Gasteiger partial charge < -0.3 is 20.1 Å². The molecule has 22 heavy (non-hydrogen) atoms. The van der Waals surface area contributed by atoms with E-state index in [1.807, 2.05) is 6.92 Å². The monoisotopic (exact) mass is 306 g/mol. The molecule has 2 amide bonds. The van der Waals surface area contributed by atoms with E-state index in [0.717, 1.165) is 19.4 Å². The Morgan fingerprint density at radius 3 is 2.68 bits per heavy atom. The fraction of sp³-hybridized carbons (Fsp3) is 0.500. The lowest BCUT2D eigenvalue weighted by molar-refractivity contribution is 0.0526. The highest BCUT2D eigenvalue weighted by Crippen LogP contribution is 2.16. The Balaban J connectivity index is 1.84. The van der Waals surface area contributed by atoms with Crippen LogP contribution in [0, 0.1) is 0 Å². The van der Waals surface area contributed by atoms with Gasteiger partial charge in [0.05, 0.1) is 24.3 Å². The number of hydrogen-bond acceptors (Lipinski definition) is 4. The van der Waals surface area contributed by atoms with Crippen molar-refractivity contribution in [1.29, 1.82) is 0 Å². The van der Waals surface area contributed by atoms with Gasteiger partial charge in [-0.3, -0.25) is 0 Å². The van der Waals surface area contributed by atoms with Crippen LogP contribution >= 0.6 is 0 Å². The first-order valence-electron chi connectivity index (χ1n) is 7.56. The van der Waals surface area contributed by atoms with Crippen LogP contribution in [0.2, 0.25) is 0 Å². The minimum Gasteiger partial charge on any atom is -0.462 e. The molecule has 1 fully saturated rings. The Bertz CT molecular complexity index is 509. The number of carbonyl (C=O) groups is 2. The smallest absolute Gasteiger partial charge is 0.338 e. The van der Waals surface area contributed by atoms with Crippen molar-refractivity contribution in [3.63, 3.8) is 0 Å². The van der Waals surface area contributed by atoms with Gasteiger partial charge in [-0.05, 0) is 51.0 Å². The van der Waals surface area contributed by atoms with Crippen LogP contribution < -0.4 is 10.6 Å². The van der Waals surface area contributed by atoms with E-state index in [1.165, 1.54) is 0 Å². The summed E-state index contributed by atoms with van der Waals surface area (Å²) in [5.74, 6) is -0.370. The predicted molar refractivity (Wildman–Crippen MR) is 83.0 cm³/mol. The summed E-state index contributed by atoms with van der Waals surface area (Å²) < 4.78 is 10.4. The zero-order valence-electron chi connectivity index (χ0n) is 12.9. The first kappa shape index (κ1) is 16.3.